The Kier molecular flexibility index (Phi) is 5.66. The second-order valence-electron chi connectivity index (χ2n) is 7.55. The predicted octanol–water partition coefficient (Wildman–Crippen LogP) is 4.54. The Hall–Kier alpha value is -4.46. The number of non-ortho nitro benzene ring substituents is 1. The maximum Gasteiger partial charge on any atom is 0.300 e. The highest BCUT2D eigenvalue weighted by atomic mass is 16.6. The first kappa shape index (κ1) is 21.8. The lowest BCUT2D eigenvalue weighted by Crippen LogP contribution is -2.29. The third kappa shape index (κ3) is 3.82. The number of aliphatic hydroxyl groups excluding tert-OH is 1. The van der Waals surface area contributed by atoms with Crippen molar-refractivity contribution in [2.75, 3.05) is 12.0 Å². The molecule has 0 radical (unpaired) electrons. The maximum atomic E-state index is 13.2. The van der Waals surface area contributed by atoms with E-state index in [1.54, 1.807) is 36.4 Å². The van der Waals surface area contributed by atoms with Crippen molar-refractivity contribution in [3.63, 3.8) is 0 Å². The molecule has 33 heavy (non-hydrogen) atoms. The third-order valence-electron chi connectivity index (χ3n) is 5.52. The Morgan fingerprint density at radius 1 is 1.03 bits per heavy atom. The molecule has 1 aliphatic rings. The van der Waals surface area contributed by atoms with Gasteiger partial charge in [0, 0.05) is 28.9 Å². The van der Waals surface area contributed by atoms with E-state index in [0.29, 0.717) is 17.0 Å². The minimum Gasteiger partial charge on any atom is -0.507 e. The molecule has 1 amide bonds. The van der Waals surface area contributed by atoms with Gasteiger partial charge in [0.25, 0.3) is 17.4 Å². The van der Waals surface area contributed by atoms with Crippen molar-refractivity contribution >= 4 is 28.8 Å². The molecule has 0 aliphatic carbocycles. The van der Waals surface area contributed by atoms with Crippen molar-refractivity contribution in [1.82, 2.24) is 0 Å². The van der Waals surface area contributed by atoms with Crippen LogP contribution in [-0.4, -0.2) is 28.8 Å². The standard InChI is InChI=1S/C25H20N2O6/c1-15-10-12-17(13-11-15)26-22(19-8-3-4-9-20(19)33-2)21(24(29)25(26)30)23(28)16-6-5-7-18(14-16)27(31)32/h3-14,22,28H,1-2H3/b23-21+. The Bertz CT molecular complexity index is 1300. The number of benzene rings is 3. The van der Waals surface area contributed by atoms with Crippen molar-refractivity contribution in [2.45, 2.75) is 13.0 Å². The highest BCUT2D eigenvalue weighted by Gasteiger charge is 2.47. The van der Waals surface area contributed by atoms with Crippen LogP contribution in [0.3, 0.4) is 0 Å². The molecule has 1 unspecified atom stereocenters. The van der Waals surface area contributed by atoms with Crippen molar-refractivity contribution < 1.29 is 24.4 Å². The average Bonchev–Trinajstić information content (AvgIpc) is 3.09. The number of hydrogen-bond acceptors (Lipinski definition) is 6. The van der Waals surface area contributed by atoms with Crippen molar-refractivity contribution in [1.29, 1.82) is 0 Å². The van der Waals surface area contributed by atoms with Gasteiger partial charge in [0.05, 0.1) is 23.6 Å². The molecule has 0 spiro atoms. The first-order valence-corrected chi connectivity index (χ1v) is 10.1. The van der Waals surface area contributed by atoms with Gasteiger partial charge in [0.2, 0.25) is 0 Å². The van der Waals surface area contributed by atoms with Crippen LogP contribution in [0.1, 0.15) is 22.7 Å². The lowest BCUT2D eigenvalue weighted by Gasteiger charge is -2.26. The fourth-order valence-electron chi connectivity index (χ4n) is 3.91. The molecule has 8 heteroatoms. The second-order valence-corrected chi connectivity index (χ2v) is 7.55. The summed E-state index contributed by atoms with van der Waals surface area (Å²) in [6.45, 7) is 1.90. The Morgan fingerprint density at radius 3 is 2.39 bits per heavy atom. The zero-order valence-corrected chi connectivity index (χ0v) is 17.9. The highest BCUT2D eigenvalue weighted by Crippen LogP contribution is 2.45. The van der Waals surface area contributed by atoms with Crippen LogP contribution in [0.15, 0.2) is 78.4 Å². The van der Waals surface area contributed by atoms with Gasteiger partial charge in [-0.1, -0.05) is 48.0 Å². The van der Waals surface area contributed by atoms with Crippen LogP contribution >= 0.6 is 0 Å². The van der Waals surface area contributed by atoms with Crippen LogP contribution in [0.4, 0.5) is 11.4 Å². The van der Waals surface area contributed by atoms with Crippen LogP contribution in [0.2, 0.25) is 0 Å². The SMILES string of the molecule is COc1ccccc1C1/C(=C(\O)c2cccc([N+](=O)[O-])c2)C(=O)C(=O)N1c1ccc(C)cc1. The highest BCUT2D eigenvalue weighted by molar-refractivity contribution is 6.51. The first-order valence-electron chi connectivity index (χ1n) is 10.1. The summed E-state index contributed by atoms with van der Waals surface area (Å²) in [5.74, 6) is -1.79. The zero-order valence-electron chi connectivity index (χ0n) is 17.9. The Labute approximate surface area is 189 Å². The van der Waals surface area contributed by atoms with Gasteiger partial charge in [-0.2, -0.15) is 0 Å². The van der Waals surface area contributed by atoms with Crippen LogP contribution in [0.5, 0.6) is 5.75 Å². The number of nitro benzene ring substituents is 1. The normalized spacial score (nSPS) is 17.3. The number of hydrogen-bond donors (Lipinski definition) is 1. The van der Waals surface area contributed by atoms with Gasteiger partial charge in [0.1, 0.15) is 11.5 Å². The number of methoxy groups -OCH3 is 1. The number of nitro groups is 1. The lowest BCUT2D eigenvalue weighted by atomic mass is 9.94. The second kappa shape index (κ2) is 8.58. The molecule has 8 nitrogen and oxygen atoms in total. The summed E-state index contributed by atoms with van der Waals surface area (Å²) in [4.78, 5) is 38.3. The monoisotopic (exact) mass is 444 g/mol. The minimum atomic E-state index is -0.997. The molecule has 166 valence electrons. The Morgan fingerprint density at radius 2 is 1.73 bits per heavy atom. The number of ketones is 1. The van der Waals surface area contributed by atoms with Gasteiger partial charge < -0.3 is 9.84 Å². The molecule has 1 N–H and O–H groups in total. The smallest absolute Gasteiger partial charge is 0.300 e. The summed E-state index contributed by atoms with van der Waals surface area (Å²) in [7, 11) is 1.47. The number of aliphatic hydroxyl groups is 1. The van der Waals surface area contributed by atoms with E-state index >= 15 is 0 Å². The fraction of sp³-hybridized carbons (Fsp3) is 0.120. The number of anilines is 1. The van der Waals surface area contributed by atoms with E-state index in [-0.39, 0.29) is 16.8 Å². The van der Waals surface area contributed by atoms with Gasteiger partial charge in [-0.05, 0) is 25.1 Å². The number of carbonyl (C=O) groups is 2. The quantitative estimate of drug-likeness (QED) is 0.203. The molecule has 3 aromatic rings. The number of aryl methyl sites for hydroxylation is 1. The maximum absolute atomic E-state index is 13.2. The molecule has 0 saturated carbocycles. The van der Waals surface area contributed by atoms with Gasteiger partial charge in [-0.3, -0.25) is 24.6 Å². The van der Waals surface area contributed by atoms with E-state index < -0.39 is 28.4 Å². The van der Waals surface area contributed by atoms with Crippen LogP contribution in [0.25, 0.3) is 5.76 Å². The molecular weight excluding hydrogens is 424 g/mol. The molecule has 1 heterocycles. The number of nitrogens with zero attached hydrogens (tertiary/aromatic N) is 2. The van der Waals surface area contributed by atoms with E-state index in [1.165, 1.54) is 30.2 Å². The summed E-state index contributed by atoms with van der Waals surface area (Å²) in [5, 5.41) is 22.3. The van der Waals surface area contributed by atoms with E-state index in [0.717, 1.165) is 11.6 Å². The van der Waals surface area contributed by atoms with Gasteiger partial charge in [-0.15, -0.1) is 0 Å². The topological polar surface area (TPSA) is 110 Å². The molecule has 1 atom stereocenters. The number of para-hydroxylation sites is 1. The lowest BCUT2D eigenvalue weighted by molar-refractivity contribution is -0.384. The molecular formula is C25H20N2O6. The van der Waals surface area contributed by atoms with Gasteiger partial charge in [-0.25, -0.2) is 0 Å². The Balaban J connectivity index is 1.98. The van der Waals surface area contributed by atoms with E-state index in [9.17, 15) is 24.8 Å². The van der Waals surface area contributed by atoms with E-state index in [1.807, 2.05) is 19.1 Å². The first-order chi connectivity index (χ1) is 15.8. The number of carbonyl (C=O) groups excluding carboxylic acids is 2. The number of rotatable bonds is 5. The van der Waals surface area contributed by atoms with E-state index in [4.69, 9.17) is 4.74 Å². The fourth-order valence-corrected chi connectivity index (χ4v) is 3.91. The van der Waals surface area contributed by atoms with Crippen LogP contribution < -0.4 is 9.64 Å². The summed E-state index contributed by atoms with van der Waals surface area (Å²) in [6.07, 6.45) is 0. The summed E-state index contributed by atoms with van der Waals surface area (Å²) < 4.78 is 5.47. The van der Waals surface area contributed by atoms with Gasteiger partial charge in [0.15, 0.2) is 0 Å². The molecule has 1 aliphatic heterocycles. The number of amides is 1. The molecule has 0 aromatic heterocycles. The van der Waals surface area contributed by atoms with Crippen molar-refractivity contribution in [3.8, 4) is 5.75 Å². The van der Waals surface area contributed by atoms with Crippen LogP contribution in [-0.2, 0) is 9.59 Å². The molecule has 3 aromatic carbocycles. The third-order valence-corrected chi connectivity index (χ3v) is 5.52. The van der Waals surface area contributed by atoms with Crippen LogP contribution in [0, 0.1) is 17.0 Å². The molecule has 0 bridgehead atoms. The van der Waals surface area contributed by atoms with Crippen molar-refractivity contribution in [3.05, 3.63) is 105 Å². The zero-order chi connectivity index (χ0) is 23.7. The number of ether oxygens (including phenoxy) is 1. The summed E-state index contributed by atoms with van der Waals surface area (Å²) in [5.41, 5.74) is 1.57. The predicted molar refractivity (Wildman–Crippen MR) is 122 cm³/mol. The molecule has 1 saturated heterocycles. The van der Waals surface area contributed by atoms with Gasteiger partial charge >= 0.3 is 0 Å². The van der Waals surface area contributed by atoms with Crippen molar-refractivity contribution in [2.24, 2.45) is 0 Å². The average molecular weight is 444 g/mol. The summed E-state index contributed by atoms with van der Waals surface area (Å²) in [6, 6.07) is 18.2. The molecule has 1 fully saturated rings. The van der Waals surface area contributed by atoms with E-state index in [2.05, 4.69) is 0 Å². The summed E-state index contributed by atoms with van der Waals surface area (Å²) >= 11 is 0. The largest absolute Gasteiger partial charge is 0.507 e. The number of Topliss-reactive ketones (excluding diaryl/α,β-unsaturated/α-hetero) is 1. The minimum absolute atomic E-state index is 0.0611. The molecule has 4 rings (SSSR count).